The summed E-state index contributed by atoms with van der Waals surface area (Å²) in [5.41, 5.74) is 6.14. The Labute approximate surface area is 129 Å². The van der Waals surface area contributed by atoms with Crippen LogP contribution in [-0.4, -0.2) is 14.5 Å². The number of nitrogens with one attached hydrogen (secondary N) is 1. The fourth-order valence-corrected chi connectivity index (χ4v) is 5.10. The molecule has 1 aromatic rings. The lowest BCUT2D eigenvalue weighted by Crippen LogP contribution is -2.43. The van der Waals surface area contributed by atoms with Crippen LogP contribution in [0.15, 0.2) is 27.6 Å². The molecular weight excluding hydrogens is 340 g/mol. The number of benzene rings is 1. The van der Waals surface area contributed by atoms with Gasteiger partial charge in [0.15, 0.2) is 0 Å². The predicted octanol–water partition coefficient (Wildman–Crippen LogP) is 3.13. The van der Waals surface area contributed by atoms with E-state index >= 15 is 0 Å². The number of hydrogen-bond acceptors (Lipinski definition) is 3. The highest BCUT2D eigenvalue weighted by molar-refractivity contribution is 9.10. The summed E-state index contributed by atoms with van der Waals surface area (Å²) in [7, 11) is -3.55. The molecule has 112 valence electrons. The van der Waals surface area contributed by atoms with Crippen LogP contribution in [0.3, 0.4) is 0 Å². The van der Waals surface area contributed by atoms with Gasteiger partial charge >= 0.3 is 0 Å². The minimum atomic E-state index is -3.55. The molecule has 0 aromatic heterocycles. The van der Waals surface area contributed by atoms with Crippen molar-refractivity contribution in [2.45, 2.75) is 44.0 Å². The highest BCUT2D eigenvalue weighted by Crippen LogP contribution is 2.31. The average Bonchev–Trinajstić information content (AvgIpc) is 2.37. The van der Waals surface area contributed by atoms with E-state index in [0.29, 0.717) is 22.0 Å². The van der Waals surface area contributed by atoms with E-state index in [2.05, 4.69) is 34.5 Å². The zero-order valence-corrected chi connectivity index (χ0v) is 14.2. The SMILES string of the molecule is CC1CCCC(NS(=O)(=O)c2cc(N)ccc2Br)C1C. The predicted molar refractivity (Wildman–Crippen MR) is 84.8 cm³/mol. The van der Waals surface area contributed by atoms with E-state index in [1.165, 1.54) is 12.5 Å². The Morgan fingerprint density at radius 2 is 2.00 bits per heavy atom. The summed E-state index contributed by atoms with van der Waals surface area (Å²) in [4.78, 5) is 0.211. The highest BCUT2D eigenvalue weighted by atomic mass is 79.9. The fourth-order valence-electron chi connectivity index (χ4n) is 2.74. The van der Waals surface area contributed by atoms with Gasteiger partial charge in [-0.3, -0.25) is 0 Å². The van der Waals surface area contributed by atoms with Gasteiger partial charge in [-0.25, -0.2) is 13.1 Å². The van der Waals surface area contributed by atoms with Crippen LogP contribution in [0.25, 0.3) is 0 Å². The summed E-state index contributed by atoms with van der Waals surface area (Å²) in [6.45, 7) is 4.30. The van der Waals surface area contributed by atoms with Crippen LogP contribution in [-0.2, 0) is 10.0 Å². The average molecular weight is 361 g/mol. The number of hydrogen-bond donors (Lipinski definition) is 2. The minimum Gasteiger partial charge on any atom is -0.399 e. The van der Waals surface area contributed by atoms with Gasteiger partial charge in [-0.05, 0) is 52.4 Å². The number of rotatable bonds is 3. The quantitative estimate of drug-likeness (QED) is 0.813. The van der Waals surface area contributed by atoms with Crippen LogP contribution < -0.4 is 10.5 Å². The van der Waals surface area contributed by atoms with Gasteiger partial charge in [0.2, 0.25) is 10.0 Å². The van der Waals surface area contributed by atoms with Crippen molar-refractivity contribution >= 4 is 31.6 Å². The Morgan fingerprint density at radius 1 is 1.30 bits per heavy atom. The van der Waals surface area contributed by atoms with Crippen molar-refractivity contribution in [3.05, 3.63) is 22.7 Å². The molecule has 0 radical (unpaired) electrons. The molecule has 0 amide bonds. The smallest absolute Gasteiger partial charge is 0.242 e. The van der Waals surface area contributed by atoms with E-state index in [0.717, 1.165) is 12.8 Å². The van der Waals surface area contributed by atoms with Gasteiger partial charge in [0.05, 0.1) is 4.90 Å². The molecule has 6 heteroatoms. The zero-order valence-electron chi connectivity index (χ0n) is 11.8. The van der Waals surface area contributed by atoms with E-state index in [1.54, 1.807) is 12.1 Å². The van der Waals surface area contributed by atoms with Crippen molar-refractivity contribution in [2.75, 3.05) is 5.73 Å². The molecule has 3 atom stereocenters. The lowest BCUT2D eigenvalue weighted by atomic mass is 9.78. The standard InChI is InChI=1S/C14H21BrN2O2S/c1-9-4-3-5-13(10(9)2)17-20(18,19)14-8-11(16)6-7-12(14)15/h6-10,13,17H,3-5,16H2,1-2H3. The monoisotopic (exact) mass is 360 g/mol. The zero-order chi connectivity index (χ0) is 14.9. The second kappa shape index (κ2) is 6.03. The van der Waals surface area contributed by atoms with Crippen LogP contribution in [0.2, 0.25) is 0 Å². The van der Waals surface area contributed by atoms with Crippen molar-refractivity contribution in [1.29, 1.82) is 0 Å². The fraction of sp³-hybridized carbons (Fsp3) is 0.571. The molecule has 0 aliphatic heterocycles. The Bertz CT molecular complexity index is 589. The van der Waals surface area contributed by atoms with E-state index in [-0.39, 0.29) is 10.9 Å². The molecule has 1 aliphatic carbocycles. The molecule has 3 N–H and O–H groups in total. The third-order valence-electron chi connectivity index (χ3n) is 4.26. The van der Waals surface area contributed by atoms with Crippen LogP contribution in [0.1, 0.15) is 33.1 Å². The Morgan fingerprint density at radius 3 is 2.70 bits per heavy atom. The molecule has 1 aromatic carbocycles. The largest absolute Gasteiger partial charge is 0.399 e. The first kappa shape index (κ1) is 15.8. The summed E-state index contributed by atoms with van der Waals surface area (Å²) in [5.74, 6) is 0.888. The van der Waals surface area contributed by atoms with Crippen molar-refractivity contribution in [3.63, 3.8) is 0 Å². The molecule has 20 heavy (non-hydrogen) atoms. The van der Waals surface area contributed by atoms with E-state index in [4.69, 9.17) is 5.73 Å². The van der Waals surface area contributed by atoms with Crippen molar-refractivity contribution in [2.24, 2.45) is 11.8 Å². The first-order chi connectivity index (χ1) is 9.31. The van der Waals surface area contributed by atoms with Gasteiger partial charge in [-0.15, -0.1) is 0 Å². The molecule has 1 saturated carbocycles. The molecule has 1 fully saturated rings. The molecule has 2 rings (SSSR count). The van der Waals surface area contributed by atoms with Gasteiger partial charge in [-0.2, -0.15) is 0 Å². The van der Waals surface area contributed by atoms with E-state index < -0.39 is 10.0 Å². The lowest BCUT2D eigenvalue weighted by molar-refractivity contribution is 0.227. The number of sulfonamides is 1. The first-order valence-corrected chi connectivity index (χ1v) is 9.16. The molecule has 4 nitrogen and oxygen atoms in total. The molecule has 0 spiro atoms. The molecule has 1 aliphatic rings. The Kier molecular flexibility index (Phi) is 4.76. The maximum absolute atomic E-state index is 12.5. The summed E-state index contributed by atoms with van der Waals surface area (Å²) in [6, 6.07) is 4.83. The topological polar surface area (TPSA) is 72.2 Å². The minimum absolute atomic E-state index is 0.00270. The third kappa shape index (κ3) is 3.35. The number of nitrogens with two attached hydrogens (primary N) is 1. The van der Waals surface area contributed by atoms with Gasteiger partial charge < -0.3 is 5.73 Å². The van der Waals surface area contributed by atoms with Crippen LogP contribution in [0.5, 0.6) is 0 Å². The van der Waals surface area contributed by atoms with Gasteiger partial charge in [0.25, 0.3) is 0 Å². The Hall–Kier alpha value is -0.590. The summed E-state index contributed by atoms with van der Waals surface area (Å²) >= 11 is 3.28. The van der Waals surface area contributed by atoms with Gasteiger partial charge in [0, 0.05) is 16.2 Å². The Balaban J connectivity index is 2.25. The summed E-state index contributed by atoms with van der Waals surface area (Å²) in [6.07, 6.45) is 3.13. The number of anilines is 1. The molecular formula is C14H21BrN2O2S. The normalized spacial score (nSPS) is 27.4. The maximum Gasteiger partial charge on any atom is 0.242 e. The second-order valence-corrected chi connectivity index (χ2v) is 8.22. The number of nitrogen functional groups attached to an aromatic ring is 1. The van der Waals surface area contributed by atoms with Crippen LogP contribution >= 0.6 is 15.9 Å². The summed E-state index contributed by atoms with van der Waals surface area (Å²) < 4.78 is 28.4. The molecule has 0 heterocycles. The molecule has 0 saturated heterocycles. The van der Waals surface area contributed by atoms with Crippen molar-refractivity contribution < 1.29 is 8.42 Å². The third-order valence-corrected chi connectivity index (χ3v) is 6.74. The maximum atomic E-state index is 12.5. The molecule has 0 bridgehead atoms. The lowest BCUT2D eigenvalue weighted by Gasteiger charge is -2.34. The van der Waals surface area contributed by atoms with Crippen molar-refractivity contribution in [3.8, 4) is 0 Å². The van der Waals surface area contributed by atoms with E-state index in [1.807, 2.05) is 0 Å². The summed E-state index contributed by atoms with van der Waals surface area (Å²) in [5, 5.41) is 0. The van der Waals surface area contributed by atoms with Gasteiger partial charge in [-0.1, -0.05) is 26.7 Å². The van der Waals surface area contributed by atoms with Gasteiger partial charge in [0.1, 0.15) is 0 Å². The van der Waals surface area contributed by atoms with Crippen LogP contribution in [0.4, 0.5) is 5.69 Å². The van der Waals surface area contributed by atoms with Crippen LogP contribution in [0, 0.1) is 11.8 Å². The molecule has 3 unspecified atom stereocenters. The second-order valence-electron chi connectivity index (χ2n) is 5.68. The number of halogens is 1. The highest BCUT2D eigenvalue weighted by Gasteiger charge is 2.31. The van der Waals surface area contributed by atoms with E-state index in [9.17, 15) is 8.42 Å². The van der Waals surface area contributed by atoms with Crippen molar-refractivity contribution in [1.82, 2.24) is 4.72 Å². The first-order valence-electron chi connectivity index (χ1n) is 6.88.